The van der Waals surface area contributed by atoms with Crippen LogP contribution in [0.25, 0.3) is 5.57 Å². The van der Waals surface area contributed by atoms with E-state index < -0.39 is 6.17 Å². The van der Waals surface area contributed by atoms with Crippen molar-refractivity contribution in [2.45, 2.75) is 32.9 Å². The minimum absolute atomic E-state index is 0.0862. The molecule has 1 aromatic carbocycles. The number of halogens is 1. The van der Waals surface area contributed by atoms with Crippen molar-refractivity contribution in [3.05, 3.63) is 41.5 Å². The summed E-state index contributed by atoms with van der Waals surface area (Å²) >= 11 is 0. The van der Waals surface area contributed by atoms with Gasteiger partial charge in [0.05, 0.1) is 0 Å². The second-order valence-corrected chi connectivity index (χ2v) is 5.43. The lowest BCUT2D eigenvalue weighted by Gasteiger charge is -2.34. The number of hydrogen-bond acceptors (Lipinski definition) is 1. The molecule has 1 aliphatic carbocycles. The number of rotatable bonds is 2. The summed E-state index contributed by atoms with van der Waals surface area (Å²) in [5, 5.41) is 0. The van der Waals surface area contributed by atoms with Crippen molar-refractivity contribution >= 4 is 11.9 Å². The first-order valence-electron chi connectivity index (χ1n) is 5.91. The highest BCUT2D eigenvalue weighted by molar-refractivity contribution is 5.90. The Morgan fingerprint density at radius 3 is 2.53 bits per heavy atom. The van der Waals surface area contributed by atoms with E-state index in [2.05, 4.69) is 0 Å². The van der Waals surface area contributed by atoms with E-state index in [1.807, 2.05) is 44.2 Å². The van der Waals surface area contributed by atoms with Crippen LogP contribution in [0.4, 0.5) is 4.39 Å². The molecule has 1 atom stereocenters. The van der Waals surface area contributed by atoms with Gasteiger partial charge >= 0.3 is 0 Å². The molecule has 0 heterocycles. The molecule has 0 amide bonds. The van der Waals surface area contributed by atoms with Gasteiger partial charge in [0.25, 0.3) is 0 Å². The fraction of sp³-hybridized carbons (Fsp3) is 0.400. The van der Waals surface area contributed by atoms with Crippen molar-refractivity contribution in [1.29, 1.82) is 0 Å². The number of aldehydes is 1. The summed E-state index contributed by atoms with van der Waals surface area (Å²) in [5.41, 5.74) is 2.07. The van der Waals surface area contributed by atoms with Gasteiger partial charge < -0.3 is 0 Å². The summed E-state index contributed by atoms with van der Waals surface area (Å²) in [6, 6.07) is 9.63. The van der Waals surface area contributed by atoms with E-state index in [1.54, 1.807) is 0 Å². The Kier molecular flexibility index (Phi) is 3.14. The fourth-order valence-corrected chi connectivity index (χ4v) is 2.49. The van der Waals surface area contributed by atoms with Gasteiger partial charge in [-0.25, -0.2) is 4.39 Å². The van der Waals surface area contributed by atoms with Crippen LogP contribution < -0.4 is 0 Å². The molecule has 90 valence electrons. The molecule has 0 saturated carbocycles. The van der Waals surface area contributed by atoms with Gasteiger partial charge in [-0.2, -0.15) is 0 Å². The number of hydrogen-bond donors (Lipinski definition) is 0. The van der Waals surface area contributed by atoms with Gasteiger partial charge in [0.2, 0.25) is 0 Å². The quantitative estimate of drug-likeness (QED) is 0.709. The van der Waals surface area contributed by atoms with Gasteiger partial charge in [-0.05, 0) is 29.4 Å². The maximum atomic E-state index is 14.0. The highest BCUT2D eigenvalue weighted by atomic mass is 19.1. The largest absolute Gasteiger partial charge is 0.298 e. The van der Waals surface area contributed by atoms with Gasteiger partial charge in [0.15, 0.2) is 0 Å². The maximum Gasteiger partial charge on any atom is 0.149 e. The molecule has 0 fully saturated rings. The second kappa shape index (κ2) is 4.44. The van der Waals surface area contributed by atoms with Crippen LogP contribution in [0.15, 0.2) is 35.9 Å². The van der Waals surface area contributed by atoms with Gasteiger partial charge in [0, 0.05) is 5.57 Å². The highest BCUT2D eigenvalue weighted by Gasteiger charge is 2.34. The third-order valence-electron chi connectivity index (χ3n) is 3.32. The molecule has 0 N–H and O–H groups in total. The van der Waals surface area contributed by atoms with Crippen molar-refractivity contribution in [3.8, 4) is 0 Å². The highest BCUT2D eigenvalue weighted by Crippen LogP contribution is 2.43. The van der Waals surface area contributed by atoms with Crippen LogP contribution in [0.1, 0.15) is 32.3 Å². The van der Waals surface area contributed by atoms with Gasteiger partial charge in [0.1, 0.15) is 12.5 Å². The summed E-state index contributed by atoms with van der Waals surface area (Å²) in [5.74, 6) is 0. The molecule has 0 spiro atoms. The Balaban J connectivity index is 2.50. The summed E-state index contributed by atoms with van der Waals surface area (Å²) in [4.78, 5) is 11.1. The van der Waals surface area contributed by atoms with Crippen molar-refractivity contribution in [2.24, 2.45) is 5.41 Å². The predicted octanol–water partition coefficient (Wildman–Crippen LogP) is 3.80. The van der Waals surface area contributed by atoms with Crippen molar-refractivity contribution < 1.29 is 9.18 Å². The number of allylic oxidation sites excluding steroid dienone is 2. The van der Waals surface area contributed by atoms with Crippen LogP contribution in [-0.4, -0.2) is 12.5 Å². The fourth-order valence-electron chi connectivity index (χ4n) is 2.49. The summed E-state index contributed by atoms with van der Waals surface area (Å²) in [6.07, 6.45) is 0.733. The van der Waals surface area contributed by atoms with Crippen LogP contribution >= 0.6 is 0 Å². The normalized spacial score (nSPS) is 23.6. The van der Waals surface area contributed by atoms with Crippen LogP contribution in [0.5, 0.6) is 0 Å². The average Bonchev–Trinajstić information content (AvgIpc) is 2.28. The molecule has 0 aliphatic heterocycles. The third-order valence-corrected chi connectivity index (χ3v) is 3.32. The van der Waals surface area contributed by atoms with E-state index in [1.165, 1.54) is 0 Å². The first-order chi connectivity index (χ1) is 8.03. The van der Waals surface area contributed by atoms with Crippen molar-refractivity contribution in [3.63, 3.8) is 0 Å². The second-order valence-electron chi connectivity index (χ2n) is 5.43. The Bertz CT molecular complexity index is 445. The Hall–Kier alpha value is -1.44. The maximum absolute atomic E-state index is 14.0. The average molecular weight is 232 g/mol. The molecule has 17 heavy (non-hydrogen) atoms. The molecule has 0 bridgehead atoms. The molecule has 2 rings (SSSR count). The minimum Gasteiger partial charge on any atom is -0.298 e. The van der Waals surface area contributed by atoms with Gasteiger partial charge in [-0.1, -0.05) is 44.2 Å². The molecule has 1 aliphatic rings. The SMILES string of the molecule is CC1(C)CC(c2ccccc2)=C(C=O)C(F)C1. The minimum atomic E-state index is -1.13. The lowest BCUT2D eigenvalue weighted by molar-refractivity contribution is -0.105. The van der Waals surface area contributed by atoms with Crippen LogP contribution in [0.2, 0.25) is 0 Å². The van der Waals surface area contributed by atoms with E-state index >= 15 is 0 Å². The predicted molar refractivity (Wildman–Crippen MR) is 67.3 cm³/mol. The standard InChI is InChI=1S/C15H17FO/c1-15(2)8-12(11-6-4-3-5-7-11)13(10-17)14(16)9-15/h3-7,10,14H,8-9H2,1-2H3. The number of alkyl halides is 1. The smallest absolute Gasteiger partial charge is 0.149 e. The third kappa shape index (κ3) is 2.46. The molecule has 2 heteroatoms. The molecule has 0 radical (unpaired) electrons. The Morgan fingerprint density at radius 2 is 1.94 bits per heavy atom. The molecule has 1 unspecified atom stereocenters. The summed E-state index contributed by atoms with van der Waals surface area (Å²) in [6.45, 7) is 4.09. The molecular formula is C15H17FO. The first kappa shape index (κ1) is 12.0. The van der Waals surface area contributed by atoms with Gasteiger partial charge in [-0.15, -0.1) is 0 Å². The zero-order valence-corrected chi connectivity index (χ0v) is 10.2. The number of benzene rings is 1. The van der Waals surface area contributed by atoms with E-state index in [4.69, 9.17) is 0 Å². The van der Waals surface area contributed by atoms with Crippen LogP contribution in [-0.2, 0) is 4.79 Å². The van der Waals surface area contributed by atoms with Crippen molar-refractivity contribution in [2.75, 3.05) is 0 Å². The van der Waals surface area contributed by atoms with E-state index in [0.29, 0.717) is 18.3 Å². The van der Waals surface area contributed by atoms with E-state index in [9.17, 15) is 9.18 Å². The van der Waals surface area contributed by atoms with Crippen molar-refractivity contribution in [1.82, 2.24) is 0 Å². The number of carbonyl (C=O) groups is 1. The lowest BCUT2D eigenvalue weighted by atomic mass is 9.72. The van der Waals surface area contributed by atoms with E-state index in [-0.39, 0.29) is 5.41 Å². The molecule has 0 aromatic heterocycles. The summed E-state index contributed by atoms with van der Waals surface area (Å²) < 4.78 is 14.0. The van der Waals surface area contributed by atoms with Crippen LogP contribution in [0.3, 0.4) is 0 Å². The molecule has 1 nitrogen and oxygen atoms in total. The zero-order valence-electron chi connectivity index (χ0n) is 10.2. The lowest BCUT2D eigenvalue weighted by Crippen LogP contribution is -2.26. The Labute approximate surface area is 101 Å². The summed E-state index contributed by atoms with van der Waals surface area (Å²) in [7, 11) is 0. The zero-order chi connectivity index (χ0) is 12.5. The Morgan fingerprint density at radius 1 is 1.29 bits per heavy atom. The van der Waals surface area contributed by atoms with E-state index in [0.717, 1.165) is 17.6 Å². The topological polar surface area (TPSA) is 17.1 Å². The monoisotopic (exact) mass is 232 g/mol. The molecular weight excluding hydrogens is 215 g/mol. The van der Waals surface area contributed by atoms with Gasteiger partial charge in [-0.3, -0.25) is 4.79 Å². The molecule has 1 aromatic rings. The first-order valence-corrected chi connectivity index (χ1v) is 5.91. The van der Waals surface area contributed by atoms with Crippen LogP contribution in [0, 0.1) is 5.41 Å². The molecule has 0 saturated heterocycles. The number of carbonyl (C=O) groups excluding carboxylic acids is 1.